The molecule has 114 valence electrons. The van der Waals surface area contributed by atoms with Gasteiger partial charge in [-0.2, -0.15) is 0 Å². The van der Waals surface area contributed by atoms with Crippen LogP contribution < -0.4 is 5.32 Å². The van der Waals surface area contributed by atoms with Crippen LogP contribution in [0.2, 0.25) is 0 Å². The maximum Gasteiger partial charge on any atom is 0.410 e. The predicted octanol–water partition coefficient (Wildman–Crippen LogP) is 2.25. The third kappa shape index (κ3) is 2.85. The maximum atomic E-state index is 14.0. The van der Waals surface area contributed by atoms with E-state index in [0.717, 1.165) is 5.56 Å². The molecule has 0 unspecified atom stereocenters. The Morgan fingerprint density at radius 1 is 1.38 bits per heavy atom. The summed E-state index contributed by atoms with van der Waals surface area (Å²) in [5.41, 5.74) is 0.846. The summed E-state index contributed by atoms with van der Waals surface area (Å²) in [6, 6.07) is 8.79. The van der Waals surface area contributed by atoms with Gasteiger partial charge in [0, 0.05) is 12.6 Å². The lowest BCUT2D eigenvalue weighted by Gasteiger charge is -2.31. The van der Waals surface area contributed by atoms with Crippen molar-refractivity contribution in [2.75, 3.05) is 19.6 Å². The van der Waals surface area contributed by atoms with Crippen molar-refractivity contribution < 1.29 is 18.3 Å². The molecule has 2 saturated heterocycles. The summed E-state index contributed by atoms with van der Waals surface area (Å²) in [6.07, 6.45) is -0.103. The first-order chi connectivity index (χ1) is 10.1. The van der Waals surface area contributed by atoms with E-state index in [-0.39, 0.29) is 13.2 Å². The minimum Gasteiger partial charge on any atom is -0.445 e. The van der Waals surface area contributed by atoms with Gasteiger partial charge < -0.3 is 10.1 Å². The van der Waals surface area contributed by atoms with Gasteiger partial charge in [-0.1, -0.05) is 30.3 Å². The topological polar surface area (TPSA) is 41.6 Å². The number of fused-ring (bicyclic) bond motifs is 1. The van der Waals surface area contributed by atoms with E-state index in [9.17, 15) is 13.6 Å². The minimum absolute atomic E-state index is 0.109. The lowest BCUT2D eigenvalue weighted by atomic mass is 9.92. The molecule has 0 aliphatic carbocycles. The Bertz CT molecular complexity index is 510. The molecule has 1 N–H and O–H groups in total. The lowest BCUT2D eigenvalue weighted by molar-refractivity contribution is -0.0328. The first-order valence-electron chi connectivity index (χ1n) is 7.14. The summed E-state index contributed by atoms with van der Waals surface area (Å²) in [5.74, 6) is -3.65. The zero-order valence-corrected chi connectivity index (χ0v) is 11.6. The monoisotopic (exact) mass is 296 g/mol. The van der Waals surface area contributed by atoms with Crippen LogP contribution in [0.4, 0.5) is 13.6 Å². The summed E-state index contributed by atoms with van der Waals surface area (Å²) in [7, 11) is 0. The molecule has 0 spiro atoms. The van der Waals surface area contributed by atoms with Gasteiger partial charge in [-0.15, -0.1) is 0 Å². The van der Waals surface area contributed by atoms with E-state index in [4.69, 9.17) is 4.74 Å². The fourth-order valence-corrected chi connectivity index (χ4v) is 3.11. The van der Waals surface area contributed by atoms with E-state index in [2.05, 4.69) is 5.32 Å². The lowest BCUT2D eigenvalue weighted by Crippen LogP contribution is -2.47. The van der Waals surface area contributed by atoms with Crippen molar-refractivity contribution in [2.24, 2.45) is 5.92 Å². The highest BCUT2D eigenvalue weighted by atomic mass is 19.3. The zero-order valence-electron chi connectivity index (χ0n) is 11.6. The van der Waals surface area contributed by atoms with Crippen LogP contribution >= 0.6 is 0 Å². The van der Waals surface area contributed by atoms with Crippen LogP contribution in [0.1, 0.15) is 12.0 Å². The van der Waals surface area contributed by atoms with E-state index >= 15 is 0 Å². The summed E-state index contributed by atoms with van der Waals surface area (Å²) in [5, 5.41) is 2.97. The molecule has 4 nitrogen and oxygen atoms in total. The van der Waals surface area contributed by atoms with Crippen molar-refractivity contribution in [3.63, 3.8) is 0 Å². The Hall–Kier alpha value is -1.69. The minimum atomic E-state index is -2.84. The number of hydrogen-bond acceptors (Lipinski definition) is 3. The van der Waals surface area contributed by atoms with Crippen molar-refractivity contribution in [2.45, 2.75) is 25.0 Å². The van der Waals surface area contributed by atoms with E-state index in [1.165, 1.54) is 4.90 Å². The Kier molecular flexibility index (Phi) is 3.80. The molecule has 2 aliphatic rings. The number of nitrogens with one attached hydrogen (secondary N) is 1. The highest BCUT2D eigenvalue weighted by Crippen LogP contribution is 2.40. The standard InChI is InChI=1S/C15H18F2N2O2/c16-15(17)10-19(13-6-7-18-8-12(13)15)14(20)21-9-11-4-2-1-3-5-11/h1-5,12-13,18H,6-10H2/t12-,13+/m1/s1. The Labute approximate surface area is 122 Å². The molecule has 1 aromatic carbocycles. The second kappa shape index (κ2) is 5.60. The summed E-state index contributed by atoms with van der Waals surface area (Å²) >= 11 is 0. The number of piperidine rings is 1. The number of carbonyl (C=O) groups is 1. The third-order valence-corrected chi connectivity index (χ3v) is 4.21. The van der Waals surface area contributed by atoms with Gasteiger partial charge in [0.25, 0.3) is 5.92 Å². The van der Waals surface area contributed by atoms with Gasteiger partial charge in [0.15, 0.2) is 0 Å². The number of benzene rings is 1. The number of hydrogen-bond donors (Lipinski definition) is 1. The quantitative estimate of drug-likeness (QED) is 0.910. The number of halogens is 2. The van der Waals surface area contributed by atoms with Gasteiger partial charge in [0.1, 0.15) is 6.61 Å². The van der Waals surface area contributed by atoms with Crippen LogP contribution in [0.15, 0.2) is 30.3 Å². The molecule has 0 aromatic heterocycles. The number of nitrogens with zero attached hydrogens (tertiary/aromatic N) is 1. The number of alkyl halides is 2. The zero-order chi connectivity index (χ0) is 14.9. The molecule has 2 aliphatic heterocycles. The third-order valence-electron chi connectivity index (χ3n) is 4.21. The van der Waals surface area contributed by atoms with Crippen LogP contribution in [-0.4, -0.2) is 42.6 Å². The van der Waals surface area contributed by atoms with Gasteiger partial charge in [0.2, 0.25) is 0 Å². The van der Waals surface area contributed by atoms with Crippen LogP contribution in [-0.2, 0) is 11.3 Å². The molecular weight excluding hydrogens is 278 g/mol. The number of ether oxygens (including phenoxy) is 1. The molecule has 3 rings (SSSR count). The fourth-order valence-electron chi connectivity index (χ4n) is 3.11. The second-order valence-corrected chi connectivity index (χ2v) is 5.60. The number of likely N-dealkylation sites (tertiary alicyclic amines) is 1. The van der Waals surface area contributed by atoms with Gasteiger partial charge >= 0.3 is 6.09 Å². The Morgan fingerprint density at radius 2 is 2.14 bits per heavy atom. The summed E-state index contributed by atoms with van der Waals surface area (Å²) in [4.78, 5) is 13.3. The highest BCUT2D eigenvalue weighted by Gasteiger charge is 2.56. The van der Waals surface area contributed by atoms with Crippen molar-refractivity contribution in [1.82, 2.24) is 10.2 Å². The van der Waals surface area contributed by atoms with Crippen LogP contribution in [0.5, 0.6) is 0 Å². The van der Waals surface area contributed by atoms with E-state index in [1.54, 1.807) is 0 Å². The fraction of sp³-hybridized carbons (Fsp3) is 0.533. The predicted molar refractivity (Wildman–Crippen MR) is 73.0 cm³/mol. The molecule has 1 aromatic rings. The number of carbonyl (C=O) groups excluding carboxylic acids is 1. The van der Waals surface area contributed by atoms with Gasteiger partial charge in [-0.3, -0.25) is 4.90 Å². The second-order valence-electron chi connectivity index (χ2n) is 5.60. The van der Waals surface area contributed by atoms with Gasteiger partial charge in [-0.05, 0) is 18.5 Å². The molecule has 0 saturated carbocycles. The van der Waals surface area contributed by atoms with Crippen molar-refractivity contribution in [1.29, 1.82) is 0 Å². The molecule has 1 amide bonds. The normalized spacial score (nSPS) is 27.2. The molecule has 0 radical (unpaired) electrons. The van der Waals surface area contributed by atoms with Crippen LogP contribution in [0, 0.1) is 5.92 Å². The number of rotatable bonds is 2. The Morgan fingerprint density at radius 3 is 2.90 bits per heavy atom. The van der Waals surface area contributed by atoms with Crippen molar-refractivity contribution >= 4 is 6.09 Å². The first kappa shape index (κ1) is 14.3. The van der Waals surface area contributed by atoms with E-state index in [1.807, 2.05) is 30.3 Å². The average Bonchev–Trinajstić information content (AvgIpc) is 2.78. The molecule has 2 fully saturated rings. The molecule has 6 heteroatoms. The van der Waals surface area contributed by atoms with Crippen molar-refractivity contribution in [3.8, 4) is 0 Å². The summed E-state index contributed by atoms with van der Waals surface area (Å²) in [6.45, 7) is 0.467. The highest BCUT2D eigenvalue weighted by molar-refractivity contribution is 5.69. The van der Waals surface area contributed by atoms with Gasteiger partial charge in [-0.25, -0.2) is 13.6 Å². The van der Waals surface area contributed by atoms with Crippen LogP contribution in [0.25, 0.3) is 0 Å². The number of amides is 1. The maximum absolute atomic E-state index is 14.0. The van der Waals surface area contributed by atoms with Crippen LogP contribution in [0.3, 0.4) is 0 Å². The van der Waals surface area contributed by atoms with E-state index < -0.39 is 30.5 Å². The molecule has 0 bridgehead atoms. The SMILES string of the molecule is O=C(OCc1ccccc1)N1CC(F)(F)[C@@H]2CNCC[C@@H]21. The molecule has 2 atom stereocenters. The summed E-state index contributed by atoms with van der Waals surface area (Å²) < 4.78 is 33.1. The largest absolute Gasteiger partial charge is 0.445 e. The molecule has 21 heavy (non-hydrogen) atoms. The molecule has 2 heterocycles. The Balaban J connectivity index is 1.64. The van der Waals surface area contributed by atoms with Crippen molar-refractivity contribution in [3.05, 3.63) is 35.9 Å². The average molecular weight is 296 g/mol. The van der Waals surface area contributed by atoms with E-state index in [0.29, 0.717) is 13.0 Å². The van der Waals surface area contributed by atoms with Gasteiger partial charge in [0.05, 0.1) is 12.5 Å². The first-order valence-corrected chi connectivity index (χ1v) is 7.14. The smallest absolute Gasteiger partial charge is 0.410 e. The molecular formula is C15H18F2N2O2.